The molecule has 5 heteroatoms. The van der Waals surface area contributed by atoms with Crippen molar-refractivity contribution in [1.29, 1.82) is 0 Å². The first-order chi connectivity index (χ1) is 6.47. The number of amides is 1. The summed E-state index contributed by atoms with van der Waals surface area (Å²) >= 11 is 0. The van der Waals surface area contributed by atoms with E-state index in [0.29, 0.717) is 13.2 Å². The van der Waals surface area contributed by atoms with E-state index in [-0.39, 0.29) is 6.23 Å². The minimum absolute atomic E-state index is 0.0810. The quantitative estimate of drug-likeness (QED) is 0.683. The summed E-state index contributed by atoms with van der Waals surface area (Å²) in [6.45, 7) is 7.46. The van der Waals surface area contributed by atoms with E-state index in [9.17, 15) is 4.79 Å². The van der Waals surface area contributed by atoms with Crippen LogP contribution in [0.25, 0.3) is 0 Å². The smallest absolute Gasteiger partial charge is 0.407 e. The summed E-state index contributed by atoms with van der Waals surface area (Å²) in [4.78, 5) is 11.2. The summed E-state index contributed by atoms with van der Waals surface area (Å²) < 4.78 is 10.3. The van der Waals surface area contributed by atoms with Gasteiger partial charge in [-0.2, -0.15) is 0 Å². The molecule has 1 atom stereocenters. The molecule has 0 aromatic carbocycles. The molecule has 0 aliphatic carbocycles. The predicted octanol–water partition coefficient (Wildman–Crippen LogP) is 0.457. The lowest BCUT2D eigenvalue weighted by molar-refractivity contribution is 0.0457. The fourth-order valence-electron chi connectivity index (χ4n) is 1.10. The minimum Gasteiger partial charge on any atom is -0.444 e. The second-order valence-corrected chi connectivity index (χ2v) is 4.20. The minimum atomic E-state index is -0.450. The maximum atomic E-state index is 11.2. The molecule has 0 aromatic rings. The zero-order valence-corrected chi connectivity index (χ0v) is 8.92. The van der Waals surface area contributed by atoms with Gasteiger partial charge in [0.1, 0.15) is 11.8 Å². The van der Waals surface area contributed by atoms with Gasteiger partial charge in [-0.25, -0.2) is 4.79 Å². The molecular weight excluding hydrogens is 184 g/mol. The number of hydrogen-bond donors (Lipinski definition) is 2. The lowest BCUT2D eigenvalue weighted by Crippen LogP contribution is -2.40. The molecule has 1 unspecified atom stereocenters. The summed E-state index contributed by atoms with van der Waals surface area (Å²) in [6, 6.07) is 0. The van der Waals surface area contributed by atoms with E-state index in [0.717, 1.165) is 6.54 Å². The summed E-state index contributed by atoms with van der Waals surface area (Å²) in [6.07, 6.45) is -0.489. The summed E-state index contributed by atoms with van der Waals surface area (Å²) in [7, 11) is 0. The standard InChI is InChI=1S/C9H18N2O3/c1-9(2,3)14-8(12)11-6-7-10-4-5-13-7/h7,10H,4-6H2,1-3H3,(H,11,12). The highest BCUT2D eigenvalue weighted by molar-refractivity contribution is 5.67. The van der Waals surface area contributed by atoms with Crippen molar-refractivity contribution in [3.05, 3.63) is 0 Å². The fraction of sp³-hybridized carbons (Fsp3) is 0.889. The highest BCUT2D eigenvalue weighted by Gasteiger charge is 2.19. The number of alkyl carbamates (subject to hydrolysis) is 1. The number of hydrogen-bond acceptors (Lipinski definition) is 4. The zero-order valence-electron chi connectivity index (χ0n) is 8.92. The monoisotopic (exact) mass is 202 g/mol. The van der Waals surface area contributed by atoms with Gasteiger partial charge in [0.05, 0.1) is 13.2 Å². The Morgan fingerprint density at radius 2 is 2.36 bits per heavy atom. The zero-order chi connectivity index (χ0) is 10.6. The molecule has 0 radical (unpaired) electrons. The average Bonchev–Trinajstić information content (AvgIpc) is 2.49. The van der Waals surface area contributed by atoms with E-state index >= 15 is 0 Å². The van der Waals surface area contributed by atoms with Gasteiger partial charge < -0.3 is 14.8 Å². The molecule has 14 heavy (non-hydrogen) atoms. The Hall–Kier alpha value is -0.810. The lowest BCUT2D eigenvalue weighted by atomic mass is 10.2. The number of nitrogens with one attached hydrogen (secondary N) is 2. The van der Waals surface area contributed by atoms with Crippen LogP contribution in [-0.4, -0.2) is 37.6 Å². The molecule has 0 bridgehead atoms. The summed E-state index contributed by atoms with van der Waals surface area (Å²) in [5.74, 6) is 0. The van der Waals surface area contributed by atoms with Gasteiger partial charge in [-0.15, -0.1) is 0 Å². The molecule has 1 amide bonds. The second-order valence-electron chi connectivity index (χ2n) is 4.20. The van der Waals surface area contributed by atoms with Crippen molar-refractivity contribution in [2.24, 2.45) is 0 Å². The van der Waals surface area contributed by atoms with Gasteiger partial charge in [0.2, 0.25) is 0 Å². The van der Waals surface area contributed by atoms with Gasteiger partial charge in [-0.1, -0.05) is 0 Å². The topological polar surface area (TPSA) is 59.6 Å². The first-order valence-corrected chi connectivity index (χ1v) is 4.79. The van der Waals surface area contributed by atoms with Crippen molar-refractivity contribution < 1.29 is 14.3 Å². The Kier molecular flexibility index (Phi) is 3.71. The Labute approximate surface area is 84.1 Å². The fourth-order valence-corrected chi connectivity index (χ4v) is 1.10. The van der Waals surface area contributed by atoms with Crippen molar-refractivity contribution in [1.82, 2.24) is 10.6 Å². The van der Waals surface area contributed by atoms with Crippen LogP contribution in [0.4, 0.5) is 4.79 Å². The van der Waals surface area contributed by atoms with Crippen LogP contribution in [0, 0.1) is 0 Å². The molecule has 1 saturated heterocycles. The van der Waals surface area contributed by atoms with E-state index in [2.05, 4.69) is 10.6 Å². The highest BCUT2D eigenvalue weighted by Crippen LogP contribution is 2.06. The molecule has 0 spiro atoms. The molecule has 5 nitrogen and oxygen atoms in total. The maximum Gasteiger partial charge on any atom is 0.407 e. The predicted molar refractivity (Wildman–Crippen MR) is 52.0 cm³/mol. The molecule has 0 aromatic heterocycles. The Balaban J connectivity index is 2.14. The first-order valence-electron chi connectivity index (χ1n) is 4.79. The van der Waals surface area contributed by atoms with Crippen molar-refractivity contribution >= 4 is 6.09 Å². The largest absolute Gasteiger partial charge is 0.444 e. The van der Waals surface area contributed by atoms with Crippen LogP contribution in [0.3, 0.4) is 0 Å². The first kappa shape index (κ1) is 11.3. The summed E-state index contributed by atoms with van der Waals surface area (Å²) in [5.41, 5.74) is -0.450. The van der Waals surface area contributed by atoms with Crippen LogP contribution in [0.1, 0.15) is 20.8 Å². The second kappa shape index (κ2) is 4.61. The van der Waals surface area contributed by atoms with Gasteiger partial charge in [0.25, 0.3) is 0 Å². The Morgan fingerprint density at radius 1 is 1.64 bits per heavy atom. The maximum absolute atomic E-state index is 11.2. The Bertz CT molecular complexity index is 195. The number of rotatable bonds is 2. The molecule has 2 N–H and O–H groups in total. The van der Waals surface area contributed by atoms with Gasteiger partial charge in [-0.05, 0) is 20.8 Å². The summed E-state index contributed by atoms with van der Waals surface area (Å²) in [5, 5.41) is 5.71. The van der Waals surface area contributed by atoms with Crippen molar-refractivity contribution in [2.75, 3.05) is 19.7 Å². The van der Waals surface area contributed by atoms with Crippen LogP contribution >= 0.6 is 0 Å². The molecular formula is C9H18N2O3. The van der Waals surface area contributed by atoms with Crippen LogP contribution in [0.5, 0.6) is 0 Å². The van der Waals surface area contributed by atoms with Crippen LogP contribution in [0.2, 0.25) is 0 Å². The molecule has 0 saturated carbocycles. The van der Waals surface area contributed by atoms with Crippen molar-refractivity contribution in [2.45, 2.75) is 32.6 Å². The number of carbonyl (C=O) groups excluding carboxylic acids is 1. The Morgan fingerprint density at radius 3 is 2.86 bits per heavy atom. The van der Waals surface area contributed by atoms with Crippen molar-refractivity contribution in [3.8, 4) is 0 Å². The molecule has 1 aliphatic rings. The van der Waals surface area contributed by atoms with Crippen LogP contribution in [-0.2, 0) is 9.47 Å². The third-order valence-corrected chi connectivity index (χ3v) is 1.62. The molecule has 1 aliphatic heterocycles. The van der Waals surface area contributed by atoms with E-state index in [1.54, 1.807) is 0 Å². The highest BCUT2D eigenvalue weighted by atomic mass is 16.6. The normalized spacial score (nSPS) is 22.1. The van der Waals surface area contributed by atoms with E-state index < -0.39 is 11.7 Å². The van der Waals surface area contributed by atoms with E-state index in [4.69, 9.17) is 9.47 Å². The third kappa shape index (κ3) is 4.43. The molecule has 82 valence electrons. The number of ether oxygens (including phenoxy) is 2. The molecule has 1 heterocycles. The SMILES string of the molecule is CC(C)(C)OC(=O)NCC1NCCO1. The average molecular weight is 202 g/mol. The van der Waals surface area contributed by atoms with Crippen LogP contribution < -0.4 is 10.6 Å². The van der Waals surface area contributed by atoms with E-state index in [1.807, 2.05) is 20.8 Å². The third-order valence-electron chi connectivity index (χ3n) is 1.62. The molecule has 1 fully saturated rings. The van der Waals surface area contributed by atoms with Crippen LogP contribution in [0.15, 0.2) is 0 Å². The molecule has 1 rings (SSSR count). The van der Waals surface area contributed by atoms with Gasteiger partial charge in [-0.3, -0.25) is 5.32 Å². The van der Waals surface area contributed by atoms with E-state index in [1.165, 1.54) is 0 Å². The van der Waals surface area contributed by atoms with Crippen molar-refractivity contribution in [3.63, 3.8) is 0 Å². The lowest BCUT2D eigenvalue weighted by Gasteiger charge is -2.20. The number of carbonyl (C=O) groups is 1. The van der Waals surface area contributed by atoms with Gasteiger partial charge in [0.15, 0.2) is 0 Å². The van der Waals surface area contributed by atoms with Gasteiger partial charge >= 0.3 is 6.09 Å². The van der Waals surface area contributed by atoms with Gasteiger partial charge in [0, 0.05) is 6.54 Å².